The third-order valence-corrected chi connectivity index (χ3v) is 5.21. The summed E-state index contributed by atoms with van der Waals surface area (Å²) in [6.45, 7) is 1.53. The Morgan fingerprint density at radius 2 is 1.81 bits per heavy atom. The molecule has 26 heavy (non-hydrogen) atoms. The van der Waals surface area contributed by atoms with Crippen LogP contribution in [-0.4, -0.2) is 24.9 Å². The van der Waals surface area contributed by atoms with E-state index in [4.69, 9.17) is 9.47 Å². The van der Waals surface area contributed by atoms with Crippen LogP contribution in [0, 0.1) is 0 Å². The van der Waals surface area contributed by atoms with E-state index in [1.54, 1.807) is 0 Å². The number of thioether (sulfide) groups is 1. The molecule has 0 fully saturated rings. The van der Waals surface area contributed by atoms with Gasteiger partial charge in [-0.25, -0.2) is 0 Å². The monoisotopic (exact) mass is 365 g/mol. The summed E-state index contributed by atoms with van der Waals surface area (Å²) in [4.78, 5) is 13.3. The van der Waals surface area contributed by atoms with Crippen molar-refractivity contribution in [1.29, 1.82) is 0 Å². The molecule has 0 radical (unpaired) electrons. The smallest absolute Gasteiger partial charge is 0.230 e. The molecule has 4 nitrogen and oxygen atoms in total. The molecule has 0 atom stereocenters. The Bertz CT molecular complexity index is 941. The van der Waals surface area contributed by atoms with E-state index in [9.17, 15) is 4.79 Å². The fraction of sp³-hybridized carbons (Fsp3) is 0.190. The number of hydrogen-bond donors (Lipinski definition) is 1. The SMILES string of the molecule is O=C(CSc1ccc2ccccc2c1)NCc1cccc2c1OCCO2. The van der Waals surface area contributed by atoms with Gasteiger partial charge in [-0.05, 0) is 29.0 Å². The van der Waals surface area contributed by atoms with Crippen molar-refractivity contribution >= 4 is 28.4 Å². The van der Waals surface area contributed by atoms with Crippen LogP contribution in [0.1, 0.15) is 5.56 Å². The van der Waals surface area contributed by atoms with Crippen LogP contribution in [0.15, 0.2) is 65.6 Å². The van der Waals surface area contributed by atoms with E-state index < -0.39 is 0 Å². The molecule has 3 aromatic carbocycles. The Morgan fingerprint density at radius 1 is 0.962 bits per heavy atom. The fourth-order valence-electron chi connectivity index (χ4n) is 2.92. The molecule has 0 unspecified atom stereocenters. The van der Waals surface area contributed by atoms with Crippen molar-refractivity contribution in [1.82, 2.24) is 5.32 Å². The first-order chi connectivity index (χ1) is 12.8. The van der Waals surface area contributed by atoms with Crippen LogP contribution in [0.2, 0.25) is 0 Å². The number of hydrogen-bond acceptors (Lipinski definition) is 4. The summed E-state index contributed by atoms with van der Waals surface area (Å²) < 4.78 is 11.2. The Morgan fingerprint density at radius 3 is 2.73 bits per heavy atom. The van der Waals surface area contributed by atoms with Gasteiger partial charge in [0.15, 0.2) is 11.5 Å². The Kier molecular flexibility index (Phi) is 4.97. The van der Waals surface area contributed by atoms with Crippen molar-refractivity contribution in [3.8, 4) is 11.5 Å². The normalized spacial score (nSPS) is 12.8. The van der Waals surface area contributed by atoms with Crippen molar-refractivity contribution in [2.24, 2.45) is 0 Å². The van der Waals surface area contributed by atoms with Gasteiger partial charge in [0.05, 0.1) is 5.75 Å². The molecule has 0 saturated carbocycles. The quantitative estimate of drug-likeness (QED) is 0.694. The Labute approximate surface area is 156 Å². The molecule has 3 aromatic rings. The fourth-order valence-corrected chi connectivity index (χ4v) is 3.70. The average molecular weight is 365 g/mol. The molecule has 0 aliphatic carbocycles. The van der Waals surface area contributed by atoms with E-state index in [-0.39, 0.29) is 5.91 Å². The van der Waals surface area contributed by atoms with Crippen LogP contribution >= 0.6 is 11.8 Å². The lowest BCUT2D eigenvalue weighted by Gasteiger charge is -2.21. The van der Waals surface area contributed by atoms with Crippen LogP contribution in [-0.2, 0) is 11.3 Å². The molecule has 1 heterocycles. The van der Waals surface area contributed by atoms with E-state index in [2.05, 4.69) is 35.6 Å². The minimum Gasteiger partial charge on any atom is -0.486 e. The summed E-state index contributed by atoms with van der Waals surface area (Å²) in [5.41, 5.74) is 0.936. The van der Waals surface area contributed by atoms with Gasteiger partial charge >= 0.3 is 0 Å². The molecule has 0 spiro atoms. The van der Waals surface area contributed by atoms with E-state index >= 15 is 0 Å². The number of para-hydroxylation sites is 1. The van der Waals surface area contributed by atoms with Gasteiger partial charge < -0.3 is 14.8 Å². The number of carbonyl (C=O) groups excluding carboxylic acids is 1. The molecular weight excluding hydrogens is 346 g/mol. The molecule has 0 saturated heterocycles. The zero-order valence-corrected chi connectivity index (χ0v) is 15.1. The van der Waals surface area contributed by atoms with E-state index in [0.29, 0.717) is 25.5 Å². The molecule has 0 aromatic heterocycles. The second-order valence-corrected chi connectivity index (χ2v) is 7.06. The summed E-state index contributed by atoms with van der Waals surface area (Å²) in [5, 5.41) is 5.35. The van der Waals surface area contributed by atoms with Crippen LogP contribution in [0.4, 0.5) is 0 Å². The third kappa shape index (κ3) is 3.78. The van der Waals surface area contributed by atoms with E-state index in [0.717, 1.165) is 22.0 Å². The summed E-state index contributed by atoms with van der Waals surface area (Å²) in [6, 6.07) is 20.2. The molecule has 1 amide bonds. The summed E-state index contributed by atoms with van der Waals surface area (Å²) >= 11 is 1.54. The topological polar surface area (TPSA) is 47.6 Å². The zero-order chi connectivity index (χ0) is 17.8. The number of nitrogens with one attached hydrogen (secondary N) is 1. The summed E-state index contributed by atoms with van der Waals surface area (Å²) in [5.74, 6) is 1.86. The predicted molar refractivity (Wildman–Crippen MR) is 104 cm³/mol. The first-order valence-corrected chi connectivity index (χ1v) is 9.54. The van der Waals surface area contributed by atoms with Crippen molar-refractivity contribution in [3.05, 3.63) is 66.2 Å². The maximum Gasteiger partial charge on any atom is 0.230 e. The standard InChI is InChI=1S/C21H19NO3S/c23-20(14-26-18-9-8-15-4-1-2-5-16(15)12-18)22-13-17-6-3-7-19-21(17)25-11-10-24-19/h1-9,12H,10-11,13-14H2,(H,22,23). The van der Waals surface area contributed by atoms with E-state index in [1.807, 2.05) is 30.3 Å². The number of amides is 1. The highest BCUT2D eigenvalue weighted by atomic mass is 32.2. The number of fused-ring (bicyclic) bond motifs is 2. The van der Waals surface area contributed by atoms with Crippen molar-refractivity contribution < 1.29 is 14.3 Å². The number of rotatable bonds is 5. The largest absolute Gasteiger partial charge is 0.486 e. The third-order valence-electron chi connectivity index (χ3n) is 4.21. The maximum absolute atomic E-state index is 12.2. The minimum absolute atomic E-state index is 0.00232. The zero-order valence-electron chi connectivity index (χ0n) is 14.2. The van der Waals surface area contributed by atoms with Gasteiger partial charge in [-0.15, -0.1) is 11.8 Å². The maximum atomic E-state index is 12.2. The summed E-state index contributed by atoms with van der Waals surface area (Å²) in [6.07, 6.45) is 0. The van der Waals surface area contributed by atoms with Crippen molar-refractivity contribution in [2.45, 2.75) is 11.4 Å². The lowest BCUT2D eigenvalue weighted by Crippen LogP contribution is -2.25. The van der Waals surface area contributed by atoms with Crippen LogP contribution < -0.4 is 14.8 Å². The molecule has 0 bridgehead atoms. The lowest BCUT2D eigenvalue weighted by molar-refractivity contribution is -0.118. The second-order valence-electron chi connectivity index (χ2n) is 6.02. The van der Waals surface area contributed by atoms with Gasteiger partial charge in [0.25, 0.3) is 0 Å². The van der Waals surface area contributed by atoms with Gasteiger partial charge in [-0.3, -0.25) is 4.79 Å². The van der Waals surface area contributed by atoms with Crippen LogP contribution in [0.5, 0.6) is 11.5 Å². The van der Waals surface area contributed by atoms with Gasteiger partial charge in [0.1, 0.15) is 13.2 Å². The van der Waals surface area contributed by atoms with Crippen molar-refractivity contribution in [3.63, 3.8) is 0 Å². The van der Waals surface area contributed by atoms with Crippen LogP contribution in [0.25, 0.3) is 10.8 Å². The van der Waals surface area contributed by atoms with Crippen molar-refractivity contribution in [2.75, 3.05) is 19.0 Å². The molecule has 1 aliphatic rings. The highest BCUT2D eigenvalue weighted by molar-refractivity contribution is 8.00. The van der Waals surface area contributed by atoms with Gasteiger partial charge in [0.2, 0.25) is 5.91 Å². The highest BCUT2D eigenvalue weighted by Crippen LogP contribution is 2.33. The van der Waals surface area contributed by atoms with Crippen LogP contribution in [0.3, 0.4) is 0 Å². The Hall–Kier alpha value is -2.66. The lowest BCUT2D eigenvalue weighted by atomic mass is 10.1. The Balaban J connectivity index is 1.34. The van der Waals surface area contributed by atoms with Gasteiger partial charge in [-0.1, -0.05) is 42.5 Å². The highest BCUT2D eigenvalue weighted by Gasteiger charge is 2.15. The molecular formula is C21H19NO3S. The summed E-state index contributed by atoms with van der Waals surface area (Å²) in [7, 11) is 0. The molecule has 1 N–H and O–H groups in total. The van der Waals surface area contributed by atoms with E-state index in [1.165, 1.54) is 22.5 Å². The molecule has 5 heteroatoms. The van der Waals surface area contributed by atoms with Gasteiger partial charge in [0, 0.05) is 17.0 Å². The second kappa shape index (κ2) is 7.70. The van der Waals surface area contributed by atoms with Gasteiger partial charge in [-0.2, -0.15) is 0 Å². The number of carbonyl (C=O) groups is 1. The predicted octanol–water partition coefficient (Wildman–Crippen LogP) is 4.02. The minimum atomic E-state index is -0.00232. The molecule has 4 rings (SSSR count). The number of ether oxygens (including phenoxy) is 2. The molecule has 1 aliphatic heterocycles. The average Bonchev–Trinajstić information content (AvgIpc) is 2.70. The first-order valence-electron chi connectivity index (χ1n) is 8.55. The first kappa shape index (κ1) is 16.8. The number of benzene rings is 3. The molecule has 132 valence electrons.